The van der Waals surface area contributed by atoms with Gasteiger partial charge in [0.2, 0.25) is 0 Å². The minimum Gasteiger partial charge on any atom is -0.387 e. The van der Waals surface area contributed by atoms with E-state index in [9.17, 15) is 14.7 Å². The van der Waals surface area contributed by atoms with Crippen molar-refractivity contribution < 1.29 is 14.6 Å². The summed E-state index contributed by atoms with van der Waals surface area (Å²) in [6.07, 6.45) is -0.380. The van der Waals surface area contributed by atoms with Gasteiger partial charge in [0.25, 0.3) is 5.56 Å². The number of nitrogens with zero attached hydrogens (tertiary/aromatic N) is 1. The molecule has 2 N–H and O–H groups in total. The first-order valence-corrected chi connectivity index (χ1v) is 6.32. The van der Waals surface area contributed by atoms with Crippen LogP contribution in [0, 0.1) is 0 Å². The molecular weight excluding hydrogens is 252 g/mol. The van der Waals surface area contributed by atoms with E-state index in [2.05, 4.69) is 4.98 Å². The molecule has 2 saturated heterocycles. The molecule has 5 atom stereocenters. The maximum atomic E-state index is 11.8. The lowest BCUT2D eigenvalue weighted by molar-refractivity contribution is -0.208. The Labute approximate surface area is 108 Å². The molecule has 7 nitrogen and oxygen atoms in total. The monoisotopic (exact) mass is 268 g/mol. The highest BCUT2D eigenvalue weighted by molar-refractivity contribution is 5.10. The number of aromatic amines is 1. The van der Waals surface area contributed by atoms with Gasteiger partial charge < -0.3 is 14.6 Å². The summed E-state index contributed by atoms with van der Waals surface area (Å²) < 4.78 is 12.8. The predicted octanol–water partition coefficient (Wildman–Crippen LogP) is -0.638. The summed E-state index contributed by atoms with van der Waals surface area (Å²) in [7, 11) is 0. The van der Waals surface area contributed by atoms with Crippen LogP contribution in [0.4, 0.5) is 0 Å². The quantitative estimate of drug-likeness (QED) is 0.744. The Kier molecular flexibility index (Phi) is 2.67. The van der Waals surface area contributed by atoms with Crippen molar-refractivity contribution in [2.45, 2.75) is 50.4 Å². The Morgan fingerprint density at radius 2 is 2.26 bits per heavy atom. The fourth-order valence-corrected chi connectivity index (χ4v) is 3.05. The van der Waals surface area contributed by atoms with Crippen LogP contribution in [0.1, 0.15) is 26.5 Å². The van der Waals surface area contributed by atoms with Gasteiger partial charge in [-0.05, 0) is 13.3 Å². The van der Waals surface area contributed by atoms with Gasteiger partial charge in [-0.3, -0.25) is 14.3 Å². The highest BCUT2D eigenvalue weighted by atomic mass is 16.7. The van der Waals surface area contributed by atoms with E-state index in [1.54, 1.807) is 0 Å². The molecule has 104 valence electrons. The Morgan fingerprint density at radius 1 is 1.53 bits per heavy atom. The largest absolute Gasteiger partial charge is 0.387 e. The van der Waals surface area contributed by atoms with E-state index < -0.39 is 35.3 Å². The standard InChI is InChI=1S/C12H16N2O5/c1-3-12-6(2)18-8(9(12)16)10(19-12)14-5-4-7(15)13-11(14)17/h4-6,8-10,16H,3H2,1-2H3,(H,13,15,17). The molecular formula is C12H16N2O5. The lowest BCUT2D eigenvalue weighted by atomic mass is 9.91. The van der Waals surface area contributed by atoms with Crippen molar-refractivity contribution in [2.75, 3.05) is 0 Å². The van der Waals surface area contributed by atoms with Gasteiger partial charge in [0.1, 0.15) is 17.8 Å². The average molecular weight is 268 g/mol. The Balaban J connectivity index is 2.02. The first kappa shape index (κ1) is 12.6. The van der Waals surface area contributed by atoms with E-state index in [1.165, 1.54) is 16.8 Å². The van der Waals surface area contributed by atoms with E-state index in [1.807, 2.05) is 13.8 Å². The minimum absolute atomic E-state index is 0.229. The summed E-state index contributed by atoms with van der Waals surface area (Å²) >= 11 is 0. The molecule has 0 spiro atoms. The third-order valence-corrected chi connectivity index (χ3v) is 4.16. The van der Waals surface area contributed by atoms with Gasteiger partial charge in [-0.1, -0.05) is 6.92 Å². The van der Waals surface area contributed by atoms with Crippen LogP contribution >= 0.6 is 0 Å². The molecule has 2 fully saturated rings. The van der Waals surface area contributed by atoms with Crippen LogP contribution < -0.4 is 11.2 Å². The molecule has 3 heterocycles. The molecule has 0 aliphatic carbocycles. The number of ether oxygens (including phenoxy) is 2. The van der Waals surface area contributed by atoms with Crippen LogP contribution in [0.2, 0.25) is 0 Å². The number of hydrogen-bond acceptors (Lipinski definition) is 5. The molecule has 0 aromatic carbocycles. The minimum atomic E-state index is -0.787. The Morgan fingerprint density at radius 3 is 2.84 bits per heavy atom. The normalized spacial score (nSPS) is 40.8. The summed E-state index contributed by atoms with van der Waals surface area (Å²) in [5.41, 5.74) is -1.82. The second kappa shape index (κ2) is 4.03. The van der Waals surface area contributed by atoms with Crippen molar-refractivity contribution in [1.29, 1.82) is 0 Å². The van der Waals surface area contributed by atoms with Gasteiger partial charge in [0.15, 0.2) is 6.23 Å². The fraction of sp³-hybridized carbons (Fsp3) is 0.667. The lowest BCUT2D eigenvalue weighted by Gasteiger charge is -2.35. The van der Waals surface area contributed by atoms with Crippen molar-refractivity contribution in [2.24, 2.45) is 0 Å². The molecule has 1 aromatic rings. The summed E-state index contributed by atoms with van der Waals surface area (Å²) in [5, 5.41) is 10.3. The molecule has 7 heteroatoms. The fourth-order valence-electron chi connectivity index (χ4n) is 3.05. The average Bonchev–Trinajstić information content (AvgIpc) is 2.77. The predicted molar refractivity (Wildman–Crippen MR) is 64.8 cm³/mol. The number of nitrogens with one attached hydrogen (secondary N) is 1. The van der Waals surface area contributed by atoms with Gasteiger partial charge in [-0.15, -0.1) is 0 Å². The number of aromatic nitrogens is 2. The van der Waals surface area contributed by atoms with E-state index >= 15 is 0 Å². The van der Waals surface area contributed by atoms with Crippen LogP contribution in [0.25, 0.3) is 0 Å². The van der Waals surface area contributed by atoms with Crippen LogP contribution in [0.3, 0.4) is 0 Å². The molecule has 1 aromatic heterocycles. The number of hydrogen-bond donors (Lipinski definition) is 2. The summed E-state index contributed by atoms with van der Waals surface area (Å²) in [4.78, 5) is 25.0. The van der Waals surface area contributed by atoms with Gasteiger partial charge in [0.05, 0.1) is 6.10 Å². The second-order valence-electron chi connectivity index (χ2n) is 5.02. The molecule has 5 unspecified atom stereocenters. The SMILES string of the molecule is CCC12OC(n3ccc(=O)[nH]c3=O)C(OC1C)C2O. The maximum Gasteiger partial charge on any atom is 0.330 e. The van der Waals surface area contributed by atoms with Crippen molar-refractivity contribution in [3.8, 4) is 0 Å². The first-order valence-electron chi connectivity index (χ1n) is 6.32. The molecule has 0 amide bonds. The van der Waals surface area contributed by atoms with Gasteiger partial charge >= 0.3 is 5.69 Å². The number of fused-ring (bicyclic) bond motifs is 2. The van der Waals surface area contributed by atoms with Crippen molar-refractivity contribution in [3.05, 3.63) is 33.1 Å². The number of aliphatic hydroxyl groups excluding tert-OH is 1. The number of aliphatic hydroxyl groups is 1. The van der Waals surface area contributed by atoms with Gasteiger partial charge in [0, 0.05) is 12.3 Å². The van der Waals surface area contributed by atoms with Crippen molar-refractivity contribution in [1.82, 2.24) is 9.55 Å². The molecule has 0 radical (unpaired) electrons. The van der Waals surface area contributed by atoms with Crippen LogP contribution in [-0.4, -0.2) is 38.6 Å². The zero-order valence-electron chi connectivity index (χ0n) is 10.7. The topological polar surface area (TPSA) is 93.6 Å². The maximum absolute atomic E-state index is 11.8. The Bertz CT molecular complexity index is 609. The third kappa shape index (κ3) is 1.55. The first-order chi connectivity index (χ1) is 8.99. The Hall–Kier alpha value is -1.44. The lowest BCUT2D eigenvalue weighted by Crippen LogP contribution is -2.46. The van der Waals surface area contributed by atoms with Gasteiger partial charge in [-0.2, -0.15) is 0 Å². The summed E-state index contributed by atoms with van der Waals surface area (Å²) in [6.45, 7) is 3.75. The molecule has 0 saturated carbocycles. The number of rotatable bonds is 2. The molecule has 2 bridgehead atoms. The van der Waals surface area contributed by atoms with E-state index in [0.717, 1.165) is 0 Å². The highest BCUT2D eigenvalue weighted by Crippen LogP contribution is 2.49. The smallest absolute Gasteiger partial charge is 0.330 e. The second-order valence-corrected chi connectivity index (χ2v) is 5.02. The van der Waals surface area contributed by atoms with E-state index in [0.29, 0.717) is 6.42 Å². The van der Waals surface area contributed by atoms with Gasteiger partial charge in [-0.25, -0.2) is 4.79 Å². The molecule has 3 rings (SSSR count). The summed E-state index contributed by atoms with van der Waals surface area (Å²) in [6, 6.07) is 1.24. The van der Waals surface area contributed by atoms with Crippen molar-refractivity contribution >= 4 is 0 Å². The summed E-state index contributed by atoms with van der Waals surface area (Å²) in [5.74, 6) is 0. The van der Waals surface area contributed by atoms with Crippen LogP contribution in [-0.2, 0) is 9.47 Å². The zero-order chi connectivity index (χ0) is 13.8. The van der Waals surface area contributed by atoms with Crippen LogP contribution in [0.5, 0.6) is 0 Å². The molecule has 19 heavy (non-hydrogen) atoms. The highest BCUT2D eigenvalue weighted by Gasteiger charge is 2.64. The van der Waals surface area contributed by atoms with E-state index in [-0.39, 0.29) is 6.10 Å². The molecule has 2 aliphatic heterocycles. The molecule has 2 aliphatic rings. The van der Waals surface area contributed by atoms with Crippen LogP contribution in [0.15, 0.2) is 21.9 Å². The van der Waals surface area contributed by atoms with Crippen molar-refractivity contribution in [3.63, 3.8) is 0 Å². The third-order valence-electron chi connectivity index (χ3n) is 4.16. The zero-order valence-corrected chi connectivity index (χ0v) is 10.7. The van der Waals surface area contributed by atoms with E-state index in [4.69, 9.17) is 9.47 Å². The number of H-pyrrole nitrogens is 1.